The van der Waals surface area contributed by atoms with Crippen molar-refractivity contribution in [3.63, 3.8) is 0 Å². The van der Waals surface area contributed by atoms with Crippen LogP contribution in [0.25, 0.3) is 5.65 Å². The molecule has 0 aliphatic carbocycles. The Hall–Kier alpha value is -3.85. The standard InChI is InChI=1S/C25H24N4O4S/c1-33-22-12-11-19(25(30)26-16-20-17-28-13-5-4-10-24(28)27-20)15-23(22)34(31,32)29-14-6-8-18-7-2-3-9-21(18)29/h2-5,7,9-13,15,17H,6,8,14,16H2,1H3,(H,26,30). The number of amides is 1. The molecule has 0 fully saturated rings. The molecule has 0 spiro atoms. The highest BCUT2D eigenvalue weighted by Crippen LogP contribution is 2.35. The molecule has 1 N–H and O–H groups in total. The lowest BCUT2D eigenvalue weighted by Crippen LogP contribution is -2.35. The van der Waals surface area contributed by atoms with Crippen molar-refractivity contribution in [3.05, 3.63) is 89.9 Å². The summed E-state index contributed by atoms with van der Waals surface area (Å²) in [5.74, 6) is -0.199. The molecule has 0 radical (unpaired) electrons. The van der Waals surface area contributed by atoms with Gasteiger partial charge in [-0.05, 0) is 54.8 Å². The number of fused-ring (bicyclic) bond motifs is 2. The molecule has 4 aromatic rings. The van der Waals surface area contributed by atoms with E-state index in [4.69, 9.17) is 4.74 Å². The van der Waals surface area contributed by atoms with E-state index < -0.39 is 15.9 Å². The van der Waals surface area contributed by atoms with Gasteiger partial charge in [-0.1, -0.05) is 24.3 Å². The maximum Gasteiger partial charge on any atom is 0.268 e. The number of anilines is 1. The van der Waals surface area contributed by atoms with E-state index in [1.807, 2.05) is 59.3 Å². The third-order valence-electron chi connectivity index (χ3n) is 5.91. The molecule has 0 saturated carbocycles. The normalized spacial score (nSPS) is 13.5. The molecule has 5 rings (SSSR count). The highest BCUT2D eigenvalue weighted by Gasteiger charge is 2.32. The maximum atomic E-state index is 13.7. The summed E-state index contributed by atoms with van der Waals surface area (Å²) in [5.41, 5.74) is 3.36. The van der Waals surface area contributed by atoms with Crippen LogP contribution in [0.2, 0.25) is 0 Å². The molecular weight excluding hydrogens is 452 g/mol. The molecule has 8 nitrogen and oxygen atoms in total. The van der Waals surface area contributed by atoms with Gasteiger partial charge in [-0.25, -0.2) is 13.4 Å². The number of carbonyl (C=O) groups is 1. The first-order valence-corrected chi connectivity index (χ1v) is 12.4. The Bertz CT molecular complexity index is 1450. The van der Waals surface area contributed by atoms with Gasteiger partial charge in [0.15, 0.2) is 0 Å². The van der Waals surface area contributed by atoms with Crippen LogP contribution < -0.4 is 14.4 Å². The maximum absolute atomic E-state index is 13.7. The molecule has 0 atom stereocenters. The first-order valence-electron chi connectivity index (χ1n) is 11.0. The number of hydrogen-bond acceptors (Lipinski definition) is 5. The number of hydrogen-bond donors (Lipinski definition) is 1. The van der Waals surface area contributed by atoms with E-state index in [0.29, 0.717) is 17.9 Å². The Balaban J connectivity index is 1.42. The van der Waals surface area contributed by atoms with Crippen molar-refractivity contribution in [2.24, 2.45) is 0 Å². The molecule has 0 bridgehead atoms. The summed E-state index contributed by atoms with van der Waals surface area (Å²) in [5, 5.41) is 2.82. The van der Waals surface area contributed by atoms with Crippen molar-refractivity contribution in [1.82, 2.24) is 14.7 Å². The topological polar surface area (TPSA) is 93.0 Å². The lowest BCUT2D eigenvalue weighted by molar-refractivity contribution is 0.0950. The Morgan fingerprint density at radius 2 is 1.94 bits per heavy atom. The third kappa shape index (κ3) is 3.99. The van der Waals surface area contributed by atoms with Crippen LogP contribution in [0.4, 0.5) is 5.69 Å². The zero-order valence-electron chi connectivity index (χ0n) is 18.6. The van der Waals surface area contributed by atoms with Crippen LogP contribution in [-0.4, -0.2) is 37.4 Å². The van der Waals surface area contributed by atoms with E-state index in [1.165, 1.54) is 23.5 Å². The number of carbonyl (C=O) groups excluding carboxylic acids is 1. The second kappa shape index (κ2) is 8.83. The fourth-order valence-electron chi connectivity index (χ4n) is 4.23. The highest BCUT2D eigenvalue weighted by molar-refractivity contribution is 7.93. The van der Waals surface area contributed by atoms with Gasteiger partial charge < -0.3 is 14.5 Å². The van der Waals surface area contributed by atoms with Gasteiger partial charge in [-0.15, -0.1) is 0 Å². The second-order valence-electron chi connectivity index (χ2n) is 8.06. The average molecular weight is 477 g/mol. The Labute approximate surface area is 197 Å². The lowest BCUT2D eigenvalue weighted by Gasteiger charge is -2.31. The summed E-state index contributed by atoms with van der Waals surface area (Å²) in [6.07, 6.45) is 5.27. The van der Waals surface area contributed by atoms with Gasteiger partial charge in [-0.3, -0.25) is 9.10 Å². The smallest absolute Gasteiger partial charge is 0.268 e. The second-order valence-corrected chi connectivity index (χ2v) is 9.89. The van der Waals surface area contributed by atoms with Crippen LogP contribution >= 0.6 is 0 Å². The number of methoxy groups -OCH3 is 1. The molecule has 34 heavy (non-hydrogen) atoms. The first-order chi connectivity index (χ1) is 16.5. The van der Waals surface area contributed by atoms with Gasteiger partial charge in [0.25, 0.3) is 15.9 Å². The molecule has 3 heterocycles. The number of nitrogens with one attached hydrogen (secondary N) is 1. The van der Waals surface area contributed by atoms with Gasteiger partial charge in [0.1, 0.15) is 16.3 Å². The number of para-hydroxylation sites is 1. The number of pyridine rings is 1. The van der Waals surface area contributed by atoms with Crippen molar-refractivity contribution in [3.8, 4) is 5.75 Å². The van der Waals surface area contributed by atoms with E-state index in [1.54, 1.807) is 6.07 Å². The van der Waals surface area contributed by atoms with Crippen molar-refractivity contribution in [1.29, 1.82) is 0 Å². The van der Waals surface area contributed by atoms with Crippen LogP contribution in [0.15, 0.2) is 78.0 Å². The van der Waals surface area contributed by atoms with Crippen LogP contribution in [-0.2, 0) is 23.0 Å². The van der Waals surface area contributed by atoms with E-state index >= 15 is 0 Å². The summed E-state index contributed by atoms with van der Waals surface area (Å²) in [6.45, 7) is 0.584. The molecule has 0 saturated heterocycles. The number of aryl methyl sites for hydroxylation is 1. The lowest BCUT2D eigenvalue weighted by atomic mass is 10.0. The summed E-state index contributed by atoms with van der Waals surface area (Å²) in [4.78, 5) is 17.3. The molecule has 1 amide bonds. The minimum atomic E-state index is -3.95. The highest BCUT2D eigenvalue weighted by atomic mass is 32.2. The number of aromatic nitrogens is 2. The molecule has 0 unspecified atom stereocenters. The monoisotopic (exact) mass is 476 g/mol. The predicted octanol–water partition coefficient (Wildman–Crippen LogP) is 3.41. The average Bonchev–Trinajstić information content (AvgIpc) is 3.29. The molecule has 2 aromatic carbocycles. The zero-order chi connectivity index (χ0) is 23.7. The van der Waals surface area contributed by atoms with Crippen LogP contribution in [0.5, 0.6) is 5.75 Å². The SMILES string of the molecule is COc1ccc(C(=O)NCc2cn3ccccc3n2)cc1S(=O)(=O)N1CCCc2ccccc21. The van der Waals surface area contributed by atoms with Crippen molar-refractivity contribution in [2.75, 3.05) is 18.0 Å². The minimum Gasteiger partial charge on any atom is -0.495 e. The zero-order valence-corrected chi connectivity index (χ0v) is 19.5. The number of nitrogens with zero attached hydrogens (tertiary/aromatic N) is 3. The van der Waals surface area contributed by atoms with Crippen molar-refractivity contribution < 1.29 is 17.9 Å². The predicted molar refractivity (Wildman–Crippen MR) is 129 cm³/mol. The van der Waals surface area contributed by atoms with Gasteiger partial charge in [0.2, 0.25) is 0 Å². The van der Waals surface area contributed by atoms with Crippen LogP contribution in [0.3, 0.4) is 0 Å². The van der Waals surface area contributed by atoms with Gasteiger partial charge in [-0.2, -0.15) is 0 Å². The molecule has 9 heteroatoms. The van der Waals surface area contributed by atoms with Crippen LogP contribution in [0.1, 0.15) is 28.0 Å². The molecule has 174 valence electrons. The van der Waals surface area contributed by atoms with E-state index in [9.17, 15) is 13.2 Å². The van der Waals surface area contributed by atoms with Crippen LogP contribution in [0, 0.1) is 0 Å². The molecule has 2 aromatic heterocycles. The molecular formula is C25H24N4O4S. The number of rotatable bonds is 6. The van der Waals surface area contributed by atoms with Crippen molar-refractivity contribution in [2.45, 2.75) is 24.3 Å². The van der Waals surface area contributed by atoms with Gasteiger partial charge >= 0.3 is 0 Å². The van der Waals surface area contributed by atoms with E-state index in [-0.39, 0.29) is 22.8 Å². The number of ether oxygens (including phenoxy) is 1. The fraction of sp³-hybridized carbons (Fsp3) is 0.200. The summed E-state index contributed by atoms with van der Waals surface area (Å²) in [7, 11) is -2.53. The van der Waals surface area contributed by atoms with E-state index in [0.717, 1.165) is 24.1 Å². The quantitative estimate of drug-likeness (QED) is 0.460. The summed E-state index contributed by atoms with van der Waals surface area (Å²) < 4.78 is 36.0. The van der Waals surface area contributed by atoms with Gasteiger partial charge in [0, 0.05) is 24.5 Å². The van der Waals surface area contributed by atoms with E-state index in [2.05, 4.69) is 10.3 Å². The Morgan fingerprint density at radius 3 is 2.76 bits per heavy atom. The molecule has 1 aliphatic rings. The first kappa shape index (κ1) is 22.0. The molecule has 1 aliphatic heterocycles. The number of imidazole rings is 1. The largest absolute Gasteiger partial charge is 0.495 e. The summed E-state index contributed by atoms with van der Waals surface area (Å²) >= 11 is 0. The minimum absolute atomic E-state index is 0.0351. The third-order valence-corrected chi connectivity index (χ3v) is 7.74. The summed E-state index contributed by atoms with van der Waals surface area (Å²) in [6, 6.07) is 17.6. The number of sulfonamides is 1. The van der Waals surface area contributed by atoms with Gasteiger partial charge in [0.05, 0.1) is 25.0 Å². The Morgan fingerprint density at radius 1 is 1.12 bits per heavy atom. The van der Waals surface area contributed by atoms with Crippen molar-refractivity contribution >= 4 is 27.3 Å². The fourth-order valence-corrected chi connectivity index (χ4v) is 5.96. The number of benzene rings is 2. The Kier molecular flexibility index (Phi) is 5.70.